The smallest absolute Gasteiger partial charge is 0.878 e. The molecule has 0 aliphatic carbocycles. The first-order valence-corrected chi connectivity index (χ1v) is 9.33. The molecule has 8 nitrogen and oxygen atoms in total. The largest absolute Gasteiger partial charge is 1.00 e. The predicted molar refractivity (Wildman–Crippen MR) is 84.3 cm³/mol. The molecule has 2 N–H and O–H groups in total. The monoisotopic (exact) mass is 412 g/mol. The van der Waals surface area contributed by atoms with E-state index in [9.17, 15) is 28.2 Å². The Morgan fingerprint density at radius 1 is 1.04 bits per heavy atom. The molecule has 0 radical (unpaired) electrons. The van der Waals surface area contributed by atoms with Gasteiger partial charge in [-0.05, 0) is 12.8 Å². The van der Waals surface area contributed by atoms with E-state index in [0.717, 1.165) is 12.7 Å². The number of unbranched alkanes of at least 4 members (excludes halogenated alkanes) is 7. The number of carbonyl (C=O) groups excluding carboxylic acids is 1. The van der Waals surface area contributed by atoms with Gasteiger partial charge in [0.25, 0.3) is 10.1 Å². The summed E-state index contributed by atoms with van der Waals surface area (Å²) in [4.78, 5) is 19.9. The van der Waals surface area contributed by atoms with Gasteiger partial charge in [0.15, 0.2) is 0 Å². The van der Waals surface area contributed by atoms with Gasteiger partial charge in [-0.3, -0.25) is 9.35 Å². The minimum absolute atomic E-state index is 0. The molecular formula is C15H26Na2O8S. The summed E-state index contributed by atoms with van der Waals surface area (Å²) in [5.41, 5.74) is 0. The van der Waals surface area contributed by atoms with Gasteiger partial charge in [-0.15, -0.1) is 0 Å². The van der Waals surface area contributed by atoms with Gasteiger partial charge in [-0.2, -0.15) is 14.7 Å². The third-order valence-corrected chi connectivity index (χ3v) is 4.13. The summed E-state index contributed by atoms with van der Waals surface area (Å²) >= 11 is 0. The van der Waals surface area contributed by atoms with Crippen molar-refractivity contribution in [2.24, 2.45) is 0 Å². The van der Waals surface area contributed by atoms with Gasteiger partial charge >= 0.3 is 65.1 Å². The molecule has 0 aliphatic heterocycles. The van der Waals surface area contributed by atoms with E-state index in [4.69, 9.17) is 9.66 Å². The standard InChI is InChI=1S/C11H22O.C4H6O7S.2Na/c1-2-3-4-5-6-7-8-9-10-11-12;5-3(6)1-2(4(7)8)12(9,10)11;;/h10-12H,2-9H2,1H3;2H,1H2,(H,5,6)(H,7,8)(H,9,10,11);;/q;;2*+1/p-2. The topological polar surface area (TPSA) is 155 Å². The molecule has 0 bridgehead atoms. The Kier molecular flexibility index (Phi) is 28.3. The Morgan fingerprint density at radius 2 is 1.50 bits per heavy atom. The van der Waals surface area contributed by atoms with E-state index in [1.54, 1.807) is 6.08 Å². The fourth-order valence-corrected chi connectivity index (χ4v) is 2.35. The Hall–Kier alpha value is 0.390. The van der Waals surface area contributed by atoms with Crippen molar-refractivity contribution in [3.05, 3.63) is 12.3 Å². The Balaban J connectivity index is -0.000000173. The summed E-state index contributed by atoms with van der Waals surface area (Å²) in [5.74, 6) is -3.79. The van der Waals surface area contributed by atoms with Gasteiger partial charge < -0.3 is 20.1 Å². The second-order valence-corrected chi connectivity index (χ2v) is 6.80. The first-order chi connectivity index (χ1) is 11.2. The van der Waals surface area contributed by atoms with Gasteiger partial charge in [0.2, 0.25) is 0 Å². The third-order valence-electron chi connectivity index (χ3n) is 3.05. The predicted octanol–water partition coefficient (Wildman–Crippen LogP) is -5.52. The summed E-state index contributed by atoms with van der Waals surface area (Å²) in [7, 11) is -4.90. The average Bonchev–Trinajstić information content (AvgIpc) is 2.47. The zero-order valence-electron chi connectivity index (χ0n) is 15.8. The SMILES string of the molecule is CCCCCCCCCC=C[O-].O=C(O)CC(C(=O)[O-])S(=O)(=O)O.[Na+].[Na+]. The maximum atomic E-state index is 10.2. The van der Waals surface area contributed by atoms with Crippen LogP contribution >= 0.6 is 0 Å². The fourth-order valence-electron chi connectivity index (χ4n) is 1.76. The molecule has 26 heavy (non-hydrogen) atoms. The molecule has 0 aromatic carbocycles. The molecule has 142 valence electrons. The molecule has 1 atom stereocenters. The molecule has 0 fully saturated rings. The van der Waals surface area contributed by atoms with Gasteiger partial charge in [-0.1, -0.05) is 51.5 Å². The van der Waals surface area contributed by atoms with Crippen LogP contribution in [0.4, 0.5) is 0 Å². The van der Waals surface area contributed by atoms with Crippen LogP contribution in [-0.4, -0.2) is 35.3 Å². The Labute approximate surface area is 199 Å². The molecule has 0 aromatic heterocycles. The van der Waals surface area contributed by atoms with Crippen LogP contribution in [0.25, 0.3) is 0 Å². The second kappa shape index (κ2) is 21.7. The van der Waals surface area contributed by atoms with Crippen molar-refractivity contribution in [3.63, 3.8) is 0 Å². The van der Waals surface area contributed by atoms with E-state index in [1.165, 1.54) is 44.9 Å². The van der Waals surface area contributed by atoms with Crippen LogP contribution in [-0.2, 0) is 19.7 Å². The van der Waals surface area contributed by atoms with Crippen molar-refractivity contribution in [1.29, 1.82) is 0 Å². The fraction of sp³-hybridized carbons (Fsp3) is 0.733. The molecule has 0 spiro atoms. The van der Waals surface area contributed by atoms with Crippen molar-refractivity contribution in [1.82, 2.24) is 0 Å². The van der Waals surface area contributed by atoms with Crippen molar-refractivity contribution >= 4 is 22.1 Å². The molecule has 0 aliphatic rings. The van der Waals surface area contributed by atoms with E-state index >= 15 is 0 Å². The number of aliphatic carboxylic acids is 2. The minimum Gasteiger partial charge on any atom is -0.878 e. The van der Waals surface area contributed by atoms with Crippen molar-refractivity contribution in [2.75, 3.05) is 0 Å². The van der Waals surface area contributed by atoms with Crippen LogP contribution in [0.3, 0.4) is 0 Å². The van der Waals surface area contributed by atoms with E-state index in [-0.39, 0.29) is 59.1 Å². The molecular weight excluding hydrogens is 386 g/mol. The number of hydrogen-bond donors (Lipinski definition) is 2. The van der Waals surface area contributed by atoms with Crippen molar-refractivity contribution in [2.45, 2.75) is 70.0 Å². The van der Waals surface area contributed by atoms with Crippen molar-refractivity contribution in [3.8, 4) is 0 Å². The van der Waals surface area contributed by atoms with E-state index in [2.05, 4.69) is 6.92 Å². The number of hydrogen-bond acceptors (Lipinski definition) is 6. The zero-order chi connectivity index (χ0) is 19.0. The first kappa shape index (κ1) is 33.9. The van der Waals surface area contributed by atoms with Gasteiger partial charge in [0, 0.05) is 0 Å². The Morgan fingerprint density at radius 3 is 1.81 bits per heavy atom. The molecule has 0 aromatic rings. The van der Waals surface area contributed by atoms with Crippen LogP contribution in [0.2, 0.25) is 0 Å². The molecule has 1 unspecified atom stereocenters. The second-order valence-electron chi connectivity index (χ2n) is 5.20. The molecule has 0 saturated heterocycles. The summed E-state index contributed by atoms with van der Waals surface area (Å²) in [5, 5.41) is 25.5. The zero-order valence-corrected chi connectivity index (χ0v) is 20.7. The number of carbonyl (C=O) groups is 2. The van der Waals surface area contributed by atoms with Crippen LogP contribution in [0.15, 0.2) is 12.3 Å². The third kappa shape index (κ3) is 24.4. The maximum Gasteiger partial charge on any atom is 1.00 e. The van der Waals surface area contributed by atoms with E-state index in [0.29, 0.717) is 0 Å². The average molecular weight is 412 g/mol. The maximum absolute atomic E-state index is 10.2. The Bertz CT molecular complexity index is 480. The molecule has 0 rings (SSSR count). The molecule has 0 amide bonds. The minimum atomic E-state index is -4.90. The van der Waals surface area contributed by atoms with E-state index in [1.807, 2.05) is 0 Å². The van der Waals surface area contributed by atoms with Crippen LogP contribution in [0, 0.1) is 0 Å². The number of rotatable bonds is 12. The molecule has 0 heterocycles. The van der Waals surface area contributed by atoms with Gasteiger partial charge in [0.1, 0.15) is 5.25 Å². The summed E-state index contributed by atoms with van der Waals surface area (Å²) < 4.78 is 28.5. The van der Waals surface area contributed by atoms with Gasteiger partial charge in [-0.25, -0.2) is 0 Å². The summed E-state index contributed by atoms with van der Waals surface area (Å²) in [6.45, 7) is 2.24. The molecule has 0 saturated carbocycles. The normalized spacial score (nSPS) is 11.5. The first-order valence-electron chi connectivity index (χ1n) is 7.82. The number of carboxylic acids is 2. The molecule has 11 heteroatoms. The van der Waals surface area contributed by atoms with Crippen LogP contribution < -0.4 is 69.3 Å². The summed E-state index contributed by atoms with van der Waals surface area (Å²) in [6, 6.07) is 0. The van der Waals surface area contributed by atoms with Crippen LogP contribution in [0.1, 0.15) is 64.7 Å². The van der Waals surface area contributed by atoms with Crippen molar-refractivity contribution < 1.29 is 97.0 Å². The van der Waals surface area contributed by atoms with Crippen LogP contribution in [0.5, 0.6) is 0 Å². The number of carboxylic acid groups (broad SMARTS) is 2. The van der Waals surface area contributed by atoms with Gasteiger partial charge in [0.05, 0.1) is 12.4 Å². The van der Waals surface area contributed by atoms with E-state index < -0.39 is 33.7 Å². The number of allylic oxidation sites excluding steroid dienone is 1. The quantitative estimate of drug-likeness (QED) is 0.139. The summed E-state index contributed by atoms with van der Waals surface area (Å²) in [6.07, 6.45) is 11.6.